The van der Waals surface area contributed by atoms with Gasteiger partial charge in [-0.25, -0.2) is 4.79 Å². The number of aliphatic hydroxyl groups is 1. The number of anilines is 1. The summed E-state index contributed by atoms with van der Waals surface area (Å²) >= 11 is 6.07. The summed E-state index contributed by atoms with van der Waals surface area (Å²) in [6.45, 7) is 2.52. The second-order valence-corrected chi connectivity index (χ2v) is 4.63. The third-order valence-corrected chi connectivity index (χ3v) is 3.24. The Morgan fingerprint density at radius 1 is 1.38 bits per heavy atom. The fraction of sp³-hybridized carbons (Fsp3) is 0.308. The van der Waals surface area contributed by atoms with E-state index >= 15 is 0 Å². The van der Waals surface area contributed by atoms with Crippen molar-refractivity contribution in [1.82, 2.24) is 15.0 Å². The molecule has 0 unspecified atom stereocenters. The van der Waals surface area contributed by atoms with E-state index in [0.29, 0.717) is 17.3 Å². The maximum atomic E-state index is 11.3. The van der Waals surface area contributed by atoms with Crippen LogP contribution in [0.4, 0.5) is 5.82 Å². The molecule has 0 saturated carbocycles. The lowest BCUT2D eigenvalue weighted by Crippen LogP contribution is -2.28. The number of carboxylic acids is 1. The fourth-order valence-electron chi connectivity index (χ4n) is 1.91. The first-order valence-corrected chi connectivity index (χ1v) is 6.77. The zero-order valence-corrected chi connectivity index (χ0v) is 12.2. The molecule has 0 aliphatic heterocycles. The van der Waals surface area contributed by atoms with Gasteiger partial charge >= 0.3 is 5.97 Å². The molecule has 1 heterocycles. The number of likely N-dealkylation sites (N-methyl/N-ethyl adjacent to an activating group) is 1. The Hall–Kier alpha value is -2.12. The second-order valence-electron chi connectivity index (χ2n) is 4.22. The minimum absolute atomic E-state index is 0.105. The molecule has 0 aliphatic carbocycles. The van der Waals surface area contributed by atoms with Crippen molar-refractivity contribution in [2.45, 2.75) is 6.92 Å². The number of aromatic carboxylic acids is 1. The molecule has 0 radical (unpaired) electrons. The molecule has 8 heteroatoms. The van der Waals surface area contributed by atoms with E-state index in [1.165, 1.54) is 4.80 Å². The SMILES string of the molecule is CCN(CCO)c1nn(-c2ccccc2Cl)nc1C(=O)O. The Kier molecular flexibility index (Phi) is 4.77. The van der Waals surface area contributed by atoms with Gasteiger partial charge in [0.25, 0.3) is 0 Å². The molecule has 0 aliphatic rings. The molecule has 0 fully saturated rings. The van der Waals surface area contributed by atoms with Crippen LogP contribution < -0.4 is 4.90 Å². The van der Waals surface area contributed by atoms with Gasteiger partial charge in [0.2, 0.25) is 5.69 Å². The molecule has 2 rings (SSSR count). The third kappa shape index (κ3) is 3.14. The first-order chi connectivity index (χ1) is 10.1. The van der Waals surface area contributed by atoms with Crippen LogP contribution in [0, 0.1) is 0 Å². The number of aliphatic hydroxyl groups excluding tert-OH is 1. The summed E-state index contributed by atoms with van der Waals surface area (Å²) in [4.78, 5) is 14.2. The van der Waals surface area contributed by atoms with E-state index in [1.807, 2.05) is 6.92 Å². The van der Waals surface area contributed by atoms with Crippen molar-refractivity contribution in [3.63, 3.8) is 0 Å². The van der Waals surface area contributed by atoms with Gasteiger partial charge in [-0.3, -0.25) is 0 Å². The Bertz CT molecular complexity index is 644. The summed E-state index contributed by atoms with van der Waals surface area (Å²) in [5.41, 5.74) is 0.318. The van der Waals surface area contributed by atoms with Crippen LogP contribution in [0.2, 0.25) is 5.02 Å². The number of carbonyl (C=O) groups is 1. The molecule has 0 spiro atoms. The van der Waals surface area contributed by atoms with Gasteiger partial charge in [-0.2, -0.15) is 0 Å². The molecule has 2 aromatic rings. The highest BCUT2D eigenvalue weighted by Gasteiger charge is 2.23. The lowest BCUT2D eigenvalue weighted by molar-refractivity contribution is 0.0690. The van der Waals surface area contributed by atoms with Crippen LogP contribution in [0.1, 0.15) is 17.4 Å². The van der Waals surface area contributed by atoms with Crippen molar-refractivity contribution in [2.75, 3.05) is 24.6 Å². The molecule has 0 amide bonds. The van der Waals surface area contributed by atoms with Crippen molar-refractivity contribution in [3.05, 3.63) is 35.0 Å². The number of benzene rings is 1. The Labute approximate surface area is 126 Å². The van der Waals surface area contributed by atoms with E-state index in [1.54, 1.807) is 29.2 Å². The highest BCUT2D eigenvalue weighted by molar-refractivity contribution is 6.32. The number of para-hydroxylation sites is 1. The zero-order chi connectivity index (χ0) is 15.4. The minimum Gasteiger partial charge on any atom is -0.476 e. The Balaban J connectivity index is 2.51. The summed E-state index contributed by atoms with van der Waals surface area (Å²) in [5.74, 6) is -0.973. The Morgan fingerprint density at radius 2 is 2.10 bits per heavy atom. The smallest absolute Gasteiger partial charge is 0.360 e. The summed E-state index contributed by atoms with van der Waals surface area (Å²) in [5, 5.41) is 26.9. The average molecular weight is 311 g/mol. The molecular weight excluding hydrogens is 296 g/mol. The van der Waals surface area contributed by atoms with Crippen molar-refractivity contribution in [2.24, 2.45) is 0 Å². The van der Waals surface area contributed by atoms with Crippen LogP contribution in [-0.4, -0.2) is 50.9 Å². The van der Waals surface area contributed by atoms with Gasteiger partial charge in [-0.15, -0.1) is 15.0 Å². The fourth-order valence-corrected chi connectivity index (χ4v) is 2.12. The first kappa shape index (κ1) is 15.3. The predicted molar refractivity (Wildman–Crippen MR) is 78.3 cm³/mol. The quantitative estimate of drug-likeness (QED) is 0.839. The third-order valence-electron chi connectivity index (χ3n) is 2.92. The van der Waals surface area contributed by atoms with E-state index in [2.05, 4.69) is 10.2 Å². The maximum Gasteiger partial charge on any atom is 0.360 e. The van der Waals surface area contributed by atoms with Crippen molar-refractivity contribution in [1.29, 1.82) is 0 Å². The lowest BCUT2D eigenvalue weighted by atomic mass is 10.3. The van der Waals surface area contributed by atoms with Crippen LogP contribution in [0.3, 0.4) is 0 Å². The molecule has 1 aromatic heterocycles. The summed E-state index contributed by atoms with van der Waals surface area (Å²) < 4.78 is 0. The number of nitrogens with zero attached hydrogens (tertiary/aromatic N) is 4. The van der Waals surface area contributed by atoms with Gasteiger partial charge < -0.3 is 15.1 Å². The molecule has 1 aromatic carbocycles. The first-order valence-electron chi connectivity index (χ1n) is 6.39. The van der Waals surface area contributed by atoms with E-state index in [0.717, 1.165) is 0 Å². The minimum atomic E-state index is -1.18. The molecule has 21 heavy (non-hydrogen) atoms. The second kappa shape index (κ2) is 6.55. The predicted octanol–water partition coefficient (Wildman–Crippen LogP) is 1.44. The average Bonchev–Trinajstić information content (AvgIpc) is 2.90. The molecule has 112 valence electrons. The molecule has 7 nitrogen and oxygen atoms in total. The van der Waals surface area contributed by atoms with Crippen LogP contribution in [-0.2, 0) is 0 Å². The molecule has 0 saturated heterocycles. The zero-order valence-electron chi connectivity index (χ0n) is 11.4. The van der Waals surface area contributed by atoms with Crippen LogP contribution in [0.5, 0.6) is 0 Å². The molecule has 2 N–H and O–H groups in total. The number of carboxylic acid groups (broad SMARTS) is 1. The van der Waals surface area contributed by atoms with Crippen molar-refractivity contribution in [3.8, 4) is 5.69 Å². The van der Waals surface area contributed by atoms with Gasteiger partial charge in [0.15, 0.2) is 5.82 Å². The van der Waals surface area contributed by atoms with E-state index in [-0.39, 0.29) is 24.7 Å². The van der Waals surface area contributed by atoms with Crippen molar-refractivity contribution < 1.29 is 15.0 Å². The highest BCUT2D eigenvalue weighted by Crippen LogP contribution is 2.22. The topological polar surface area (TPSA) is 91.5 Å². The summed E-state index contributed by atoms with van der Waals surface area (Å²) in [7, 11) is 0. The maximum absolute atomic E-state index is 11.3. The molecular formula is C13H15ClN4O3. The van der Waals surface area contributed by atoms with Crippen LogP contribution >= 0.6 is 11.6 Å². The van der Waals surface area contributed by atoms with Crippen LogP contribution in [0.25, 0.3) is 5.69 Å². The van der Waals surface area contributed by atoms with Crippen molar-refractivity contribution >= 4 is 23.4 Å². The van der Waals surface area contributed by atoms with Gasteiger partial charge in [0.05, 0.1) is 11.6 Å². The molecule has 0 bridgehead atoms. The summed E-state index contributed by atoms with van der Waals surface area (Å²) in [6.07, 6.45) is 0. The van der Waals surface area contributed by atoms with Gasteiger partial charge in [-0.05, 0) is 19.1 Å². The number of rotatable bonds is 6. The van der Waals surface area contributed by atoms with Gasteiger partial charge in [-0.1, -0.05) is 23.7 Å². The van der Waals surface area contributed by atoms with Gasteiger partial charge in [0, 0.05) is 13.1 Å². The normalized spacial score (nSPS) is 10.6. The number of hydrogen-bond acceptors (Lipinski definition) is 5. The largest absolute Gasteiger partial charge is 0.476 e. The van der Waals surface area contributed by atoms with Gasteiger partial charge in [0.1, 0.15) is 5.69 Å². The lowest BCUT2D eigenvalue weighted by Gasteiger charge is -2.18. The number of aromatic nitrogens is 3. The molecule has 0 atom stereocenters. The number of hydrogen-bond donors (Lipinski definition) is 2. The number of halogens is 1. The summed E-state index contributed by atoms with van der Waals surface area (Å²) in [6, 6.07) is 6.89. The Morgan fingerprint density at radius 3 is 2.67 bits per heavy atom. The monoisotopic (exact) mass is 310 g/mol. The van der Waals surface area contributed by atoms with E-state index in [9.17, 15) is 9.90 Å². The standard InChI is InChI=1S/C13H15ClN4O3/c1-2-17(7-8-19)12-11(13(20)21)15-18(16-12)10-6-4-3-5-9(10)14/h3-6,19H,2,7-8H2,1H3,(H,20,21). The van der Waals surface area contributed by atoms with E-state index in [4.69, 9.17) is 16.7 Å². The van der Waals surface area contributed by atoms with E-state index < -0.39 is 5.97 Å². The highest BCUT2D eigenvalue weighted by atomic mass is 35.5. The van der Waals surface area contributed by atoms with Crippen LogP contribution in [0.15, 0.2) is 24.3 Å².